The number of nitrogens with zero attached hydrogens (tertiary/aromatic N) is 1. The second-order valence-electron chi connectivity index (χ2n) is 3.74. The molecule has 1 aliphatic carbocycles. The van der Waals surface area contributed by atoms with Gasteiger partial charge in [0, 0.05) is 0 Å². The zero-order valence-corrected chi connectivity index (χ0v) is 7.67. The van der Waals surface area contributed by atoms with E-state index in [1.54, 1.807) is 0 Å². The SMILES string of the molecule is Cc1ccc2c(c1)C(N)(C#N)CC2. The molecule has 0 aliphatic heterocycles. The van der Waals surface area contributed by atoms with E-state index in [2.05, 4.69) is 18.2 Å². The molecule has 2 N–H and O–H groups in total. The van der Waals surface area contributed by atoms with E-state index < -0.39 is 5.54 Å². The molecule has 0 saturated carbocycles. The summed E-state index contributed by atoms with van der Waals surface area (Å²) in [5, 5.41) is 8.99. The van der Waals surface area contributed by atoms with E-state index in [1.807, 2.05) is 13.0 Å². The lowest BCUT2D eigenvalue weighted by Gasteiger charge is -2.15. The molecule has 0 aromatic heterocycles. The number of nitriles is 1. The molecule has 2 rings (SSSR count). The maximum atomic E-state index is 8.99. The Kier molecular flexibility index (Phi) is 1.64. The summed E-state index contributed by atoms with van der Waals surface area (Å²) in [6.07, 6.45) is 1.68. The molecule has 13 heavy (non-hydrogen) atoms. The third kappa shape index (κ3) is 1.13. The van der Waals surface area contributed by atoms with Crippen LogP contribution in [0.3, 0.4) is 0 Å². The zero-order valence-electron chi connectivity index (χ0n) is 7.67. The van der Waals surface area contributed by atoms with Crippen LogP contribution in [0.5, 0.6) is 0 Å². The lowest BCUT2D eigenvalue weighted by Crippen LogP contribution is -2.31. The van der Waals surface area contributed by atoms with Crippen LogP contribution in [-0.2, 0) is 12.0 Å². The molecule has 0 heterocycles. The van der Waals surface area contributed by atoms with Gasteiger partial charge in [0.1, 0.15) is 5.54 Å². The van der Waals surface area contributed by atoms with E-state index in [9.17, 15) is 0 Å². The third-order valence-corrected chi connectivity index (χ3v) is 2.73. The molecule has 66 valence electrons. The molecule has 1 atom stereocenters. The molecule has 1 aromatic rings. The van der Waals surface area contributed by atoms with E-state index in [4.69, 9.17) is 11.0 Å². The first-order valence-electron chi connectivity index (χ1n) is 4.46. The topological polar surface area (TPSA) is 49.8 Å². The van der Waals surface area contributed by atoms with Gasteiger partial charge in [-0.3, -0.25) is 0 Å². The Bertz CT molecular complexity index is 390. The first kappa shape index (κ1) is 8.28. The van der Waals surface area contributed by atoms with E-state index in [-0.39, 0.29) is 0 Å². The van der Waals surface area contributed by atoms with Gasteiger partial charge in [0.05, 0.1) is 6.07 Å². The molecule has 1 unspecified atom stereocenters. The van der Waals surface area contributed by atoms with Crippen molar-refractivity contribution in [1.29, 1.82) is 5.26 Å². The van der Waals surface area contributed by atoms with Crippen molar-refractivity contribution in [2.75, 3.05) is 0 Å². The van der Waals surface area contributed by atoms with Crippen LogP contribution >= 0.6 is 0 Å². The van der Waals surface area contributed by atoms with E-state index in [1.165, 1.54) is 11.1 Å². The first-order valence-corrected chi connectivity index (χ1v) is 4.46. The summed E-state index contributed by atoms with van der Waals surface area (Å²) in [6, 6.07) is 8.39. The van der Waals surface area contributed by atoms with Crippen LogP contribution in [0.4, 0.5) is 0 Å². The van der Waals surface area contributed by atoms with Gasteiger partial charge < -0.3 is 5.73 Å². The molecule has 2 heteroatoms. The van der Waals surface area contributed by atoms with Crippen LogP contribution in [0.1, 0.15) is 23.1 Å². The predicted molar refractivity (Wildman–Crippen MR) is 51.0 cm³/mol. The van der Waals surface area contributed by atoms with Crippen LogP contribution in [0, 0.1) is 18.3 Å². The second kappa shape index (κ2) is 2.58. The number of benzene rings is 1. The number of hydrogen-bond donors (Lipinski definition) is 1. The molecule has 0 spiro atoms. The number of fused-ring (bicyclic) bond motifs is 1. The second-order valence-corrected chi connectivity index (χ2v) is 3.74. The molecule has 1 aromatic carbocycles. The summed E-state index contributed by atoms with van der Waals surface area (Å²) in [5.41, 5.74) is 8.67. The monoisotopic (exact) mass is 172 g/mol. The molecule has 0 bridgehead atoms. The van der Waals surface area contributed by atoms with Crippen LogP contribution in [-0.4, -0.2) is 0 Å². The normalized spacial score (nSPS) is 25.3. The van der Waals surface area contributed by atoms with Gasteiger partial charge in [-0.25, -0.2) is 0 Å². The summed E-state index contributed by atoms with van der Waals surface area (Å²) in [6.45, 7) is 2.02. The van der Waals surface area contributed by atoms with Crippen molar-refractivity contribution in [3.8, 4) is 6.07 Å². The summed E-state index contributed by atoms with van der Waals surface area (Å²) in [7, 11) is 0. The smallest absolute Gasteiger partial charge is 0.130 e. The fraction of sp³-hybridized carbons (Fsp3) is 0.364. The molecule has 2 nitrogen and oxygen atoms in total. The maximum absolute atomic E-state index is 8.99. The summed E-state index contributed by atoms with van der Waals surface area (Å²) >= 11 is 0. The van der Waals surface area contributed by atoms with Gasteiger partial charge in [0.15, 0.2) is 0 Å². The largest absolute Gasteiger partial charge is 0.310 e. The number of nitrogens with two attached hydrogens (primary N) is 1. The van der Waals surface area contributed by atoms with Gasteiger partial charge in [-0.1, -0.05) is 23.8 Å². The molecule has 0 amide bonds. The van der Waals surface area contributed by atoms with Gasteiger partial charge in [-0.05, 0) is 30.9 Å². The lowest BCUT2D eigenvalue weighted by molar-refractivity contribution is 0.571. The zero-order chi connectivity index (χ0) is 9.47. The Morgan fingerprint density at radius 2 is 2.31 bits per heavy atom. The average Bonchev–Trinajstić information content (AvgIpc) is 2.45. The standard InChI is InChI=1S/C11H12N2/c1-8-2-3-9-4-5-11(13,7-12)10(9)6-8/h2-3,6H,4-5,13H2,1H3. The molecular weight excluding hydrogens is 160 g/mol. The highest BCUT2D eigenvalue weighted by molar-refractivity contribution is 5.44. The van der Waals surface area contributed by atoms with Crippen molar-refractivity contribution in [1.82, 2.24) is 0 Å². The van der Waals surface area contributed by atoms with Crippen molar-refractivity contribution in [2.24, 2.45) is 5.73 Å². The Hall–Kier alpha value is -1.33. The van der Waals surface area contributed by atoms with Crippen LogP contribution in [0.15, 0.2) is 18.2 Å². The van der Waals surface area contributed by atoms with Crippen LogP contribution in [0.2, 0.25) is 0 Å². The molecule has 1 aliphatic rings. The van der Waals surface area contributed by atoms with Gasteiger partial charge >= 0.3 is 0 Å². The Morgan fingerprint density at radius 3 is 3.00 bits per heavy atom. The van der Waals surface area contributed by atoms with Gasteiger partial charge in [0.2, 0.25) is 0 Å². The number of aryl methyl sites for hydroxylation is 2. The summed E-state index contributed by atoms with van der Waals surface area (Å²) < 4.78 is 0. The minimum atomic E-state index is -0.735. The molecule has 0 saturated heterocycles. The van der Waals surface area contributed by atoms with Crippen molar-refractivity contribution in [3.05, 3.63) is 34.9 Å². The summed E-state index contributed by atoms with van der Waals surface area (Å²) in [4.78, 5) is 0. The Morgan fingerprint density at radius 1 is 1.54 bits per heavy atom. The lowest BCUT2D eigenvalue weighted by atomic mass is 9.94. The van der Waals surface area contributed by atoms with Crippen molar-refractivity contribution >= 4 is 0 Å². The average molecular weight is 172 g/mol. The number of rotatable bonds is 0. The first-order chi connectivity index (χ1) is 6.15. The Labute approximate surface area is 78.0 Å². The van der Waals surface area contributed by atoms with E-state index >= 15 is 0 Å². The van der Waals surface area contributed by atoms with Gasteiger partial charge in [0.25, 0.3) is 0 Å². The predicted octanol–water partition coefficient (Wildman–Crippen LogP) is 1.62. The summed E-state index contributed by atoms with van der Waals surface area (Å²) in [5.74, 6) is 0. The highest BCUT2D eigenvalue weighted by Crippen LogP contribution is 2.34. The highest BCUT2D eigenvalue weighted by Gasteiger charge is 2.34. The number of hydrogen-bond acceptors (Lipinski definition) is 2. The fourth-order valence-electron chi connectivity index (χ4n) is 1.91. The van der Waals surface area contributed by atoms with Gasteiger partial charge in [-0.2, -0.15) is 5.26 Å². The van der Waals surface area contributed by atoms with E-state index in [0.29, 0.717) is 0 Å². The van der Waals surface area contributed by atoms with Crippen molar-refractivity contribution < 1.29 is 0 Å². The van der Waals surface area contributed by atoms with Gasteiger partial charge in [-0.15, -0.1) is 0 Å². The minimum Gasteiger partial charge on any atom is -0.310 e. The molecule has 0 fully saturated rings. The quantitative estimate of drug-likeness (QED) is 0.646. The maximum Gasteiger partial charge on any atom is 0.130 e. The minimum absolute atomic E-state index is 0.735. The van der Waals surface area contributed by atoms with Crippen molar-refractivity contribution in [2.45, 2.75) is 25.3 Å². The highest BCUT2D eigenvalue weighted by atomic mass is 14.8. The third-order valence-electron chi connectivity index (χ3n) is 2.73. The van der Waals surface area contributed by atoms with E-state index in [0.717, 1.165) is 18.4 Å². The Balaban J connectivity index is 2.60. The fourth-order valence-corrected chi connectivity index (χ4v) is 1.91. The van der Waals surface area contributed by atoms with Crippen molar-refractivity contribution in [3.63, 3.8) is 0 Å². The van der Waals surface area contributed by atoms with Crippen LogP contribution < -0.4 is 5.73 Å². The van der Waals surface area contributed by atoms with Crippen LogP contribution in [0.25, 0.3) is 0 Å². The molecule has 0 radical (unpaired) electrons. The molecular formula is C11H12N2.